The van der Waals surface area contributed by atoms with Crippen molar-refractivity contribution in [3.63, 3.8) is 0 Å². The molecule has 4 aromatic rings. The van der Waals surface area contributed by atoms with Crippen molar-refractivity contribution >= 4 is 40.4 Å². The molecule has 0 bridgehead atoms. The monoisotopic (exact) mass is 698 g/mol. The molecule has 1 fully saturated rings. The molecule has 0 saturated carbocycles. The van der Waals surface area contributed by atoms with Crippen LogP contribution >= 0.6 is 19.4 Å². The Balaban J connectivity index is 0.000000191. The standard InChI is InChI=1S/C21H27N2.C15H10.C2H5.2ClH.Ru/c1-14-9-16(3)20(17(4)10-14)22-7-8-23(13-22)21-18(5)11-15(2)12-19(21)6;1-2-6-12(7-3-1)15-11-10-13-8-4-5-9-14(13)15;1-2;;;/h9-13H,7-8H2,1-6H3;1-9,11H;1H2,2H3;2*1H;/q-1;;-1;;;+2/p-2. The van der Waals surface area contributed by atoms with Crippen molar-refractivity contribution in [2.45, 2.75) is 48.5 Å². The molecule has 2 nitrogen and oxygen atoms in total. The van der Waals surface area contributed by atoms with Gasteiger partial charge in [-0.1, -0.05) is 35.4 Å². The van der Waals surface area contributed by atoms with Gasteiger partial charge in [-0.25, -0.2) is 0 Å². The number of nitrogens with zero attached hydrogens (tertiary/aromatic N) is 2. The second-order valence-corrected chi connectivity index (χ2v) is 16.8. The van der Waals surface area contributed by atoms with Crippen LogP contribution in [0.2, 0.25) is 0 Å². The fourth-order valence-corrected chi connectivity index (χ4v) is 8.74. The van der Waals surface area contributed by atoms with Crippen molar-refractivity contribution in [3.05, 3.63) is 149 Å². The third kappa shape index (κ3) is 7.51. The minimum atomic E-state index is -1.88. The van der Waals surface area contributed by atoms with Gasteiger partial charge in [-0.05, 0) is 63.8 Å². The molecular weight excluding hydrogens is 656 g/mol. The summed E-state index contributed by atoms with van der Waals surface area (Å²) in [5, 5.41) is 0. The zero-order valence-corrected chi connectivity index (χ0v) is 29.5. The number of anilines is 2. The number of halogens is 2. The Morgan fingerprint density at radius 3 is 1.49 bits per heavy atom. The van der Waals surface area contributed by atoms with E-state index in [1.54, 1.807) is 6.92 Å². The van der Waals surface area contributed by atoms with Crippen LogP contribution in [-0.4, -0.2) is 17.2 Å². The van der Waals surface area contributed by atoms with Crippen molar-refractivity contribution in [3.8, 4) is 0 Å². The first kappa shape index (κ1) is 33.2. The molecule has 0 aromatic heterocycles. The van der Waals surface area contributed by atoms with Crippen LogP contribution in [0.5, 0.6) is 0 Å². The van der Waals surface area contributed by atoms with Crippen molar-refractivity contribution in [1.29, 1.82) is 0 Å². The number of rotatable bonds is 3. The number of allylic oxidation sites excluding steroid dienone is 1. The van der Waals surface area contributed by atoms with Crippen LogP contribution in [-0.2, 0) is 13.5 Å². The first-order valence-corrected chi connectivity index (χ1v) is 20.0. The van der Waals surface area contributed by atoms with E-state index in [4.69, 9.17) is 19.4 Å². The maximum atomic E-state index is 6.19. The molecule has 1 heterocycles. The summed E-state index contributed by atoms with van der Waals surface area (Å²) in [7, 11) is 12.4. The summed E-state index contributed by atoms with van der Waals surface area (Å²) in [6.45, 7) is 22.6. The zero-order chi connectivity index (χ0) is 31.3. The first-order chi connectivity index (χ1) is 20.6. The van der Waals surface area contributed by atoms with E-state index in [1.165, 1.54) is 67.0 Å². The average Bonchev–Trinajstić information content (AvgIpc) is 3.60. The van der Waals surface area contributed by atoms with E-state index in [0.717, 1.165) is 17.2 Å². The third-order valence-electron chi connectivity index (χ3n) is 7.67. The van der Waals surface area contributed by atoms with E-state index in [9.17, 15) is 0 Å². The van der Waals surface area contributed by atoms with E-state index < -0.39 is 13.5 Å². The van der Waals surface area contributed by atoms with Gasteiger partial charge in [-0.2, -0.15) is 13.6 Å². The Bertz CT molecular complexity index is 1540. The van der Waals surface area contributed by atoms with Crippen LogP contribution in [0.15, 0.2) is 84.9 Å². The molecule has 1 aliphatic carbocycles. The topological polar surface area (TPSA) is 6.48 Å². The van der Waals surface area contributed by atoms with Gasteiger partial charge in [0.05, 0.1) is 0 Å². The van der Waals surface area contributed by atoms with E-state index >= 15 is 0 Å². The molecule has 1 saturated heterocycles. The number of hydrogen-bond donors (Lipinski definition) is 0. The molecule has 5 heteroatoms. The van der Waals surface area contributed by atoms with Crippen molar-refractivity contribution in [2.24, 2.45) is 0 Å². The van der Waals surface area contributed by atoms with Gasteiger partial charge >= 0.3 is 120 Å². The Labute approximate surface area is 272 Å². The number of hydrogen-bond acceptors (Lipinski definition) is 2. The quantitative estimate of drug-likeness (QED) is 0.155. The van der Waals surface area contributed by atoms with Gasteiger partial charge in [-0.3, -0.25) is 0 Å². The molecule has 0 amide bonds. The van der Waals surface area contributed by atoms with Crippen LogP contribution in [0.3, 0.4) is 0 Å². The average molecular weight is 699 g/mol. The van der Waals surface area contributed by atoms with E-state index in [2.05, 4.69) is 126 Å². The molecule has 0 unspecified atom stereocenters. The Kier molecular flexibility index (Phi) is 11.5. The summed E-state index contributed by atoms with van der Waals surface area (Å²) in [5.41, 5.74) is 15.7. The number of benzene rings is 4. The summed E-state index contributed by atoms with van der Waals surface area (Å²) in [4.78, 5) is 4.81. The van der Waals surface area contributed by atoms with Crippen molar-refractivity contribution < 1.29 is 13.5 Å². The number of fused-ring (bicyclic) bond motifs is 1. The molecule has 1 aliphatic heterocycles. The summed E-state index contributed by atoms with van der Waals surface area (Å²) in [5.74, 6) is 0. The van der Waals surface area contributed by atoms with Crippen LogP contribution in [0.25, 0.3) is 5.57 Å². The Hall–Kier alpha value is -2.71. The molecule has 0 N–H and O–H groups in total. The van der Waals surface area contributed by atoms with Crippen molar-refractivity contribution in [2.75, 3.05) is 22.9 Å². The minimum absolute atomic E-state index is 1.04. The molecule has 6 rings (SSSR count). The van der Waals surface area contributed by atoms with Crippen LogP contribution in [0.4, 0.5) is 11.4 Å². The predicted molar refractivity (Wildman–Crippen MR) is 187 cm³/mol. The second kappa shape index (κ2) is 14.8. The zero-order valence-electron chi connectivity index (χ0n) is 26.3. The first-order valence-electron chi connectivity index (χ1n) is 14.6. The van der Waals surface area contributed by atoms with E-state index in [1.807, 2.05) is 24.3 Å². The van der Waals surface area contributed by atoms with E-state index in [-0.39, 0.29) is 0 Å². The summed E-state index contributed by atoms with van der Waals surface area (Å²) in [6, 6.07) is 27.8. The van der Waals surface area contributed by atoms with Gasteiger partial charge in [-0.15, -0.1) is 0 Å². The molecular formula is C38H42Cl2N2Ru-2. The molecule has 2 aliphatic rings. The SMILES string of the molecule is Cc1cc(C)c(N2[CH-]N(c3c(C)cc(C)cc3C)CC2)c(C)c1.[CH2-]C.[Cl][Ru]([Cl])=[C]1C=C(c2ccccc2)c2ccccc21. The summed E-state index contributed by atoms with van der Waals surface area (Å²) in [6.07, 6.45) is 2.15. The van der Waals surface area contributed by atoms with Gasteiger partial charge in [0.15, 0.2) is 0 Å². The van der Waals surface area contributed by atoms with E-state index in [0.29, 0.717) is 0 Å². The molecule has 0 atom stereocenters. The fraction of sp³-hybridized carbons (Fsp3) is 0.237. The van der Waals surface area contributed by atoms with Gasteiger partial charge in [0.1, 0.15) is 0 Å². The molecule has 228 valence electrons. The van der Waals surface area contributed by atoms with Gasteiger partial charge in [0.25, 0.3) is 0 Å². The molecule has 0 radical (unpaired) electrons. The van der Waals surface area contributed by atoms with Crippen LogP contribution < -0.4 is 9.80 Å². The van der Waals surface area contributed by atoms with Crippen LogP contribution in [0.1, 0.15) is 57.0 Å². The maximum absolute atomic E-state index is 6.19. The Morgan fingerprint density at radius 1 is 0.628 bits per heavy atom. The number of aryl methyl sites for hydroxylation is 6. The predicted octanol–water partition coefficient (Wildman–Crippen LogP) is 10.4. The Morgan fingerprint density at radius 2 is 1.05 bits per heavy atom. The van der Waals surface area contributed by atoms with Crippen molar-refractivity contribution in [1.82, 2.24) is 0 Å². The van der Waals surface area contributed by atoms with Crippen LogP contribution in [0, 0.1) is 55.1 Å². The van der Waals surface area contributed by atoms with Gasteiger partial charge in [0, 0.05) is 24.5 Å². The molecule has 43 heavy (non-hydrogen) atoms. The third-order valence-corrected chi connectivity index (χ3v) is 10.8. The summed E-state index contributed by atoms with van der Waals surface area (Å²) >= 11 is -1.88. The normalized spacial score (nSPS) is 14.0. The summed E-state index contributed by atoms with van der Waals surface area (Å²) < 4.78 is 1.12. The molecule has 4 aromatic carbocycles. The van der Waals surface area contributed by atoms with Gasteiger partial charge < -0.3 is 16.7 Å². The molecule has 0 spiro atoms. The fourth-order valence-electron chi connectivity index (χ4n) is 6.26. The van der Waals surface area contributed by atoms with Gasteiger partial charge in [0.2, 0.25) is 0 Å². The second-order valence-electron chi connectivity index (χ2n) is 11.0.